The molecule has 1 radical (unpaired) electrons. The van der Waals surface area contributed by atoms with Crippen LogP contribution in [0, 0.1) is 12.3 Å². The first-order chi connectivity index (χ1) is 18.7. The minimum absolute atomic E-state index is 0.262. The van der Waals surface area contributed by atoms with Crippen LogP contribution in [-0.4, -0.2) is 66.8 Å². The van der Waals surface area contributed by atoms with Gasteiger partial charge in [0.1, 0.15) is 5.41 Å². The second-order valence-electron chi connectivity index (χ2n) is 10.1. The molecule has 211 valence electrons. The normalized spacial score (nSPS) is 16.4. The molecule has 0 saturated heterocycles. The lowest BCUT2D eigenvalue weighted by atomic mass is 9.67. The quantitative estimate of drug-likeness (QED) is 0.122. The van der Waals surface area contributed by atoms with Gasteiger partial charge in [0.2, 0.25) is 11.8 Å². The fourth-order valence-electron chi connectivity index (χ4n) is 4.65. The highest BCUT2D eigenvalue weighted by Gasteiger charge is 2.50. The van der Waals surface area contributed by atoms with Crippen molar-refractivity contribution in [3.8, 4) is 0 Å². The Morgan fingerprint density at radius 2 is 1.59 bits per heavy atom. The summed E-state index contributed by atoms with van der Waals surface area (Å²) in [6.45, 7) is 5.50. The van der Waals surface area contributed by atoms with Crippen molar-refractivity contribution in [2.24, 2.45) is 11.1 Å². The molecule has 0 spiro atoms. The largest absolute Gasteiger partial charge is 0.383 e. The van der Waals surface area contributed by atoms with Gasteiger partial charge < -0.3 is 27.0 Å². The molecule has 1 heterocycles. The Morgan fingerprint density at radius 3 is 2.21 bits per heavy atom. The van der Waals surface area contributed by atoms with Crippen LogP contribution in [0.3, 0.4) is 0 Å². The lowest BCUT2D eigenvalue weighted by Crippen LogP contribution is -2.57. The van der Waals surface area contributed by atoms with E-state index in [1.165, 1.54) is 17.1 Å². The standard InChI is InChI=1S/C28H39N6O5/c1-20-8-10-21(11-9-20)32-19-22(7-5-17-31-27(29)39)33-26(38)28(14-6-15-28)25(37)30-16-3-2-4-18-34-23(35)12-13-24(34)36/h8-13,22,32H,1-7,14-19H2,(H,30,37)(H,33,38)(H3,29,31,39)/t22-/m0/s1. The number of carbonyl (C=O) groups is 5. The molecule has 11 nitrogen and oxygen atoms in total. The molecular weight excluding hydrogens is 500 g/mol. The van der Waals surface area contributed by atoms with Crippen LogP contribution < -0.4 is 27.0 Å². The molecule has 1 fully saturated rings. The zero-order valence-electron chi connectivity index (χ0n) is 22.3. The predicted octanol–water partition coefficient (Wildman–Crippen LogP) is 1.60. The molecule has 6 N–H and O–H groups in total. The monoisotopic (exact) mass is 539 g/mol. The van der Waals surface area contributed by atoms with Gasteiger partial charge in [-0.2, -0.15) is 0 Å². The van der Waals surface area contributed by atoms with Gasteiger partial charge in [-0.1, -0.05) is 18.6 Å². The van der Waals surface area contributed by atoms with Crippen LogP contribution in [0.15, 0.2) is 36.4 Å². The Morgan fingerprint density at radius 1 is 0.923 bits per heavy atom. The van der Waals surface area contributed by atoms with Gasteiger partial charge in [0, 0.05) is 50.1 Å². The number of rotatable bonds is 16. The summed E-state index contributed by atoms with van der Waals surface area (Å²) in [5.41, 5.74) is 5.85. The molecule has 3 rings (SSSR count). The van der Waals surface area contributed by atoms with Gasteiger partial charge in [-0.15, -0.1) is 0 Å². The maximum Gasteiger partial charge on any atom is 0.312 e. The first-order valence-corrected chi connectivity index (χ1v) is 13.5. The maximum absolute atomic E-state index is 13.4. The zero-order chi connectivity index (χ0) is 28.3. The minimum atomic E-state index is -1.08. The highest BCUT2D eigenvalue weighted by Crippen LogP contribution is 2.41. The van der Waals surface area contributed by atoms with Gasteiger partial charge >= 0.3 is 6.03 Å². The van der Waals surface area contributed by atoms with E-state index < -0.39 is 11.4 Å². The number of benzene rings is 1. The van der Waals surface area contributed by atoms with Crippen LogP contribution in [0.1, 0.15) is 56.9 Å². The summed E-state index contributed by atoms with van der Waals surface area (Å²) in [4.78, 5) is 61.9. The molecular formula is C28H39N6O5. The molecule has 1 aromatic carbocycles. The Labute approximate surface area is 229 Å². The van der Waals surface area contributed by atoms with Gasteiger partial charge in [0.25, 0.3) is 11.8 Å². The van der Waals surface area contributed by atoms with Crippen molar-refractivity contribution in [3.63, 3.8) is 0 Å². The highest BCUT2D eigenvalue weighted by molar-refractivity contribution is 6.12. The van der Waals surface area contributed by atoms with Crippen molar-refractivity contribution in [1.82, 2.24) is 20.9 Å². The van der Waals surface area contributed by atoms with Crippen LogP contribution in [-0.2, 0) is 19.2 Å². The number of nitrogens with one attached hydrogen (secondary N) is 4. The number of urea groups is 1. The third kappa shape index (κ3) is 8.56. The third-order valence-electron chi connectivity index (χ3n) is 7.19. The number of imide groups is 1. The van der Waals surface area contributed by atoms with Crippen molar-refractivity contribution in [3.05, 3.63) is 48.9 Å². The Hall–Kier alpha value is -3.89. The maximum atomic E-state index is 13.4. The van der Waals surface area contributed by atoms with Crippen molar-refractivity contribution < 1.29 is 24.0 Å². The molecule has 1 aromatic rings. The second-order valence-corrected chi connectivity index (χ2v) is 10.1. The minimum Gasteiger partial charge on any atom is -0.383 e. The first-order valence-electron chi connectivity index (χ1n) is 13.5. The number of unbranched alkanes of at least 4 members (excludes halogenated alkanes) is 2. The van der Waals surface area contributed by atoms with Crippen LogP contribution in [0.5, 0.6) is 0 Å². The van der Waals surface area contributed by atoms with E-state index in [0.717, 1.165) is 24.1 Å². The van der Waals surface area contributed by atoms with Crippen LogP contribution in [0.4, 0.5) is 10.5 Å². The number of carbonyl (C=O) groups excluding carboxylic acids is 5. The first kappa shape index (κ1) is 29.7. The van der Waals surface area contributed by atoms with E-state index >= 15 is 0 Å². The van der Waals surface area contributed by atoms with E-state index in [4.69, 9.17) is 5.73 Å². The molecule has 2 aliphatic rings. The second kappa shape index (κ2) is 14.3. The van der Waals surface area contributed by atoms with E-state index in [1.54, 1.807) is 0 Å². The van der Waals surface area contributed by atoms with Gasteiger partial charge in [-0.25, -0.2) is 4.79 Å². The smallest absolute Gasteiger partial charge is 0.312 e. The number of hydrogen-bond acceptors (Lipinski definition) is 6. The van der Waals surface area contributed by atoms with Crippen molar-refractivity contribution in [2.75, 3.05) is 31.5 Å². The summed E-state index contributed by atoms with van der Waals surface area (Å²) in [6, 6.07) is 6.75. The lowest BCUT2D eigenvalue weighted by molar-refractivity contribution is -0.150. The Kier molecular flexibility index (Phi) is 10.9. The number of hydrogen-bond donors (Lipinski definition) is 5. The third-order valence-corrected chi connectivity index (χ3v) is 7.19. The number of anilines is 1. The fraction of sp³-hybridized carbons (Fsp3) is 0.500. The number of primary amides is 1. The average molecular weight is 540 g/mol. The van der Waals surface area contributed by atoms with Crippen molar-refractivity contribution in [1.29, 1.82) is 0 Å². The van der Waals surface area contributed by atoms with E-state index in [0.29, 0.717) is 64.7 Å². The molecule has 0 unspecified atom stereocenters. The average Bonchev–Trinajstić information content (AvgIpc) is 3.19. The van der Waals surface area contributed by atoms with Crippen LogP contribution in [0.25, 0.3) is 0 Å². The summed E-state index contributed by atoms with van der Waals surface area (Å²) in [7, 11) is 0. The molecule has 1 saturated carbocycles. The van der Waals surface area contributed by atoms with Gasteiger partial charge in [0.15, 0.2) is 0 Å². The highest BCUT2D eigenvalue weighted by atomic mass is 16.2. The fourth-order valence-corrected chi connectivity index (χ4v) is 4.65. The van der Waals surface area contributed by atoms with Gasteiger partial charge in [-0.3, -0.25) is 24.1 Å². The van der Waals surface area contributed by atoms with E-state index in [9.17, 15) is 24.0 Å². The SMILES string of the molecule is [CH2]c1ccc(NC[C@H](CCCNC(N)=O)NC(=O)C2(C(=O)NCCCCCN3C(=O)C=CC3=O)CCC2)cc1. The van der Waals surface area contributed by atoms with E-state index in [2.05, 4.69) is 28.2 Å². The Bertz CT molecular complexity index is 1050. The zero-order valence-corrected chi connectivity index (χ0v) is 22.3. The molecule has 1 atom stereocenters. The number of nitrogens with two attached hydrogens (primary N) is 1. The number of nitrogens with zero attached hydrogens (tertiary/aromatic N) is 1. The molecule has 39 heavy (non-hydrogen) atoms. The molecule has 1 aliphatic carbocycles. The summed E-state index contributed by atoms with van der Waals surface area (Å²) in [5, 5.41) is 11.9. The van der Waals surface area contributed by atoms with Gasteiger partial charge in [0.05, 0.1) is 0 Å². The molecule has 11 heteroatoms. The molecule has 1 aliphatic heterocycles. The van der Waals surface area contributed by atoms with E-state index in [1.807, 2.05) is 24.3 Å². The van der Waals surface area contributed by atoms with E-state index in [-0.39, 0.29) is 29.7 Å². The summed E-state index contributed by atoms with van der Waals surface area (Å²) < 4.78 is 0. The molecule has 0 aromatic heterocycles. The van der Waals surface area contributed by atoms with Crippen LogP contribution in [0.2, 0.25) is 0 Å². The summed E-state index contributed by atoms with van der Waals surface area (Å²) in [5.74, 6) is -1.14. The Balaban J connectivity index is 1.47. The predicted molar refractivity (Wildman–Crippen MR) is 147 cm³/mol. The summed E-state index contributed by atoms with van der Waals surface area (Å²) >= 11 is 0. The summed E-state index contributed by atoms with van der Waals surface area (Å²) in [6.07, 6.45) is 7.58. The molecule has 6 amide bonds. The van der Waals surface area contributed by atoms with Crippen molar-refractivity contribution >= 4 is 35.3 Å². The lowest BCUT2D eigenvalue weighted by Gasteiger charge is -2.39. The van der Waals surface area contributed by atoms with Gasteiger partial charge in [-0.05, 0) is 69.6 Å². The van der Waals surface area contributed by atoms with Crippen LogP contribution >= 0.6 is 0 Å². The molecule has 0 bridgehead atoms. The van der Waals surface area contributed by atoms with Crippen molar-refractivity contribution in [2.45, 2.75) is 57.4 Å². The number of amides is 6. The topological polar surface area (TPSA) is 163 Å².